The average molecular weight is 140 g/mol. The van der Waals surface area contributed by atoms with E-state index in [2.05, 4.69) is 12.2 Å². The van der Waals surface area contributed by atoms with Crippen LogP contribution in [0.25, 0.3) is 0 Å². The van der Waals surface area contributed by atoms with Crippen LogP contribution in [0.15, 0.2) is 24.3 Å². The second-order valence-electron chi connectivity index (χ2n) is 1.64. The molecular weight excluding hydrogens is 135 g/mol. The maximum absolute atomic E-state index is 12.5. The van der Waals surface area contributed by atoms with E-state index in [1.165, 1.54) is 11.4 Å². The number of halogens is 1. The third-order valence-corrected chi connectivity index (χ3v) is 1.29. The van der Waals surface area contributed by atoms with Gasteiger partial charge in [0, 0.05) is 10.9 Å². The maximum atomic E-state index is 12.5. The number of hydrogen-bond acceptors (Lipinski definition) is 1. The maximum Gasteiger partial charge on any atom is 0.131 e. The number of rotatable bonds is 1. The first-order valence-electron chi connectivity index (χ1n) is 2.54. The molecule has 0 nitrogen and oxygen atoms in total. The SMILES string of the molecule is Fc1ccccc1C=S. The normalized spacial score (nSPS) is 9.00. The minimum absolute atomic E-state index is 0.257. The first kappa shape index (κ1) is 6.36. The fourth-order valence-corrected chi connectivity index (χ4v) is 0.762. The van der Waals surface area contributed by atoms with Gasteiger partial charge in [-0.25, -0.2) is 4.39 Å². The van der Waals surface area contributed by atoms with E-state index < -0.39 is 0 Å². The van der Waals surface area contributed by atoms with E-state index in [9.17, 15) is 4.39 Å². The van der Waals surface area contributed by atoms with Crippen molar-refractivity contribution in [3.05, 3.63) is 35.6 Å². The van der Waals surface area contributed by atoms with E-state index in [0.29, 0.717) is 5.56 Å². The Bertz CT molecular complexity index is 220. The van der Waals surface area contributed by atoms with Gasteiger partial charge in [-0.15, -0.1) is 0 Å². The van der Waals surface area contributed by atoms with Crippen molar-refractivity contribution in [1.82, 2.24) is 0 Å². The molecule has 46 valence electrons. The van der Waals surface area contributed by atoms with E-state index in [4.69, 9.17) is 0 Å². The fourth-order valence-electron chi connectivity index (χ4n) is 0.571. The smallest absolute Gasteiger partial charge is 0.131 e. The highest BCUT2D eigenvalue weighted by atomic mass is 32.1. The Morgan fingerprint density at radius 2 is 2.00 bits per heavy atom. The molecule has 1 aromatic carbocycles. The minimum atomic E-state index is -0.257. The van der Waals surface area contributed by atoms with E-state index >= 15 is 0 Å². The van der Waals surface area contributed by atoms with Gasteiger partial charge in [0.1, 0.15) is 5.82 Å². The van der Waals surface area contributed by atoms with Crippen molar-refractivity contribution in [3.63, 3.8) is 0 Å². The Balaban J connectivity index is 3.15. The van der Waals surface area contributed by atoms with Gasteiger partial charge in [-0.3, -0.25) is 0 Å². The van der Waals surface area contributed by atoms with Crippen LogP contribution in [0.1, 0.15) is 5.56 Å². The molecule has 0 amide bonds. The van der Waals surface area contributed by atoms with Crippen molar-refractivity contribution in [2.45, 2.75) is 0 Å². The molecule has 0 saturated carbocycles. The van der Waals surface area contributed by atoms with Crippen LogP contribution in [0.4, 0.5) is 4.39 Å². The molecule has 0 aliphatic heterocycles. The summed E-state index contributed by atoms with van der Waals surface area (Å²) in [7, 11) is 0. The molecule has 0 aliphatic carbocycles. The van der Waals surface area contributed by atoms with Crippen LogP contribution < -0.4 is 0 Å². The Hall–Kier alpha value is -0.760. The largest absolute Gasteiger partial charge is 0.206 e. The first-order valence-corrected chi connectivity index (χ1v) is 3.01. The highest BCUT2D eigenvalue weighted by Crippen LogP contribution is 2.02. The quantitative estimate of drug-likeness (QED) is 0.539. The molecule has 9 heavy (non-hydrogen) atoms. The highest BCUT2D eigenvalue weighted by molar-refractivity contribution is 7.79. The zero-order valence-corrected chi connectivity index (χ0v) is 5.49. The zero-order valence-electron chi connectivity index (χ0n) is 4.67. The van der Waals surface area contributed by atoms with Crippen molar-refractivity contribution >= 4 is 17.6 Å². The topological polar surface area (TPSA) is 0 Å². The van der Waals surface area contributed by atoms with Gasteiger partial charge in [-0.2, -0.15) is 0 Å². The summed E-state index contributed by atoms with van der Waals surface area (Å²) >= 11 is 4.54. The second-order valence-corrected chi connectivity index (χ2v) is 1.88. The number of hydrogen-bond donors (Lipinski definition) is 0. The van der Waals surface area contributed by atoms with E-state index in [1.807, 2.05) is 0 Å². The van der Waals surface area contributed by atoms with Gasteiger partial charge < -0.3 is 0 Å². The van der Waals surface area contributed by atoms with E-state index in [0.717, 1.165) is 0 Å². The van der Waals surface area contributed by atoms with Crippen LogP contribution in [-0.2, 0) is 0 Å². The molecule has 1 aromatic rings. The molecule has 0 spiro atoms. The summed E-state index contributed by atoms with van der Waals surface area (Å²) in [6.45, 7) is 0. The molecule has 0 atom stereocenters. The molecule has 2 heteroatoms. The Morgan fingerprint density at radius 3 is 2.44 bits per heavy atom. The first-order chi connectivity index (χ1) is 4.34. The lowest BCUT2D eigenvalue weighted by molar-refractivity contribution is 0.626. The summed E-state index contributed by atoms with van der Waals surface area (Å²) in [4.78, 5) is 0. The molecule has 0 bridgehead atoms. The fraction of sp³-hybridized carbons (Fsp3) is 0. The molecule has 0 radical (unpaired) electrons. The highest BCUT2D eigenvalue weighted by Gasteiger charge is 1.92. The summed E-state index contributed by atoms with van der Waals surface area (Å²) in [5, 5.41) is 1.33. The molecule has 0 aromatic heterocycles. The second kappa shape index (κ2) is 2.69. The third kappa shape index (κ3) is 1.33. The minimum Gasteiger partial charge on any atom is -0.206 e. The summed E-state index contributed by atoms with van der Waals surface area (Å²) in [6.07, 6.45) is 0. The van der Waals surface area contributed by atoms with Crippen LogP contribution >= 0.6 is 12.2 Å². The summed E-state index contributed by atoms with van der Waals surface area (Å²) < 4.78 is 12.5. The lowest BCUT2D eigenvalue weighted by Gasteiger charge is -1.90. The van der Waals surface area contributed by atoms with Gasteiger partial charge in [0.15, 0.2) is 0 Å². The molecule has 0 unspecified atom stereocenters. The van der Waals surface area contributed by atoms with Gasteiger partial charge in [-0.1, -0.05) is 30.4 Å². The lowest BCUT2D eigenvalue weighted by atomic mass is 10.2. The zero-order chi connectivity index (χ0) is 6.69. The lowest BCUT2D eigenvalue weighted by Crippen LogP contribution is -1.82. The van der Waals surface area contributed by atoms with E-state index in [1.54, 1.807) is 18.2 Å². The van der Waals surface area contributed by atoms with Crippen LogP contribution in [0.3, 0.4) is 0 Å². The van der Waals surface area contributed by atoms with Crippen LogP contribution in [0.2, 0.25) is 0 Å². The molecule has 0 saturated heterocycles. The predicted octanol–water partition coefficient (Wildman–Crippen LogP) is 2.17. The Labute approximate surface area is 58.3 Å². The summed E-state index contributed by atoms with van der Waals surface area (Å²) in [5.74, 6) is -0.257. The van der Waals surface area contributed by atoms with Crippen molar-refractivity contribution in [2.75, 3.05) is 0 Å². The Morgan fingerprint density at radius 1 is 1.33 bits per heavy atom. The summed E-state index contributed by atoms with van der Waals surface area (Å²) in [5.41, 5.74) is 0.479. The molecule has 0 aliphatic rings. The van der Waals surface area contributed by atoms with Gasteiger partial charge in [0.05, 0.1) is 0 Å². The molecule has 0 N–H and O–H groups in total. The number of benzene rings is 1. The van der Waals surface area contributed by atoms with Crippen LogP contribution in [0.5, 0.6) is 0 Å². The van der Waals surface area contributed by atoms with Gasteiger partial charge in [0.25, 0.3) is 0 Å². The van der Waals surface area contributed by atoms with Gasteiger partial charge >= 0.3 is 0 Å². The van der Waals surface area contributed by atoms with Crippen LogP contribution in [0, 0.1) is 5.82 Å². The Kier molecular flexibility index (Phi) is 1.90. The average Bonchev–Trinajstić information content (AvgIpc) is 1.89. The standard InChI is InChI=1S/C7H5FS/c8-7-4-2-1-3-6(7)5-9/h1-5H. The van der Waals surface area contributed by atoms with Crippen molar-refractivity contribution < 1.29 is 4.39 Å². The van der Waals surface area contributed by atoms with Crippen molar-refractivity contribution in [3.8, 4) is 0 Å². The third-order valence-electron chi connectivity index (χ3n) is 1.03. The van der Waals surface area contributed by atoms with Crippen LogP contribution in [-0.4, -0.2) is 5.37 Å². The van der Waals surface area contributed by atoms with Gasteiger partial charge in [-0.05, 0) is 6.07 Å². The molecule has 0 fully saturated rings. The monoisotopic (exact) mass is 140 g/mol. The van der Waals surface area contributed by atoms with Crippen molar-refractivity contribution in [2.24, 2.45) is 0 Å². The molecule has 1 rings (SSSR count). The predicted molar refractivity (Wildman–Crippen MR) is 39.2 cm³/mol. The van der Waals surface area contributed by atoms with Gasteiger partial charge in [0.2, 0.25) is 0 Å². The van der Waals surface area contributed by atoms with Crippen molar-refractivity contribution in [1.29, 1.82) is 0 Å². The summed E-state index contributed by atoms with van der Waals surface area (Å²) in [6, 6.07) is 6.42. The molecule has 0 heterocycles. The van der Waals surface area contributed by atoms with E-state index in [-0.39, 0.29) is 5.82 Å². The molecular formula is C7H5FS. The number of thiocarbonyl (C=S) groups is 1.